The van der Waals surface area contributed by atoms with Crippen molar-refractivity contribution >= 4 is 0 Å². The smallest absolute Gasteiger partial charge is 0.128 e. The van der Waals surface area contributed by atoms with Crippen LogP contribution in [0.25, 0.3) is 11.3 Å². The van der Waals surface area contributed by atoms with Crippen LogP contribution in [0.2, 0.25) is 0 Å². The van der Waals surface area contributed by atoms with Crippen LogP contribution in [0.4, 0.5) is 0 Å². The van der Waals surface area contributed by atoms with Crippen molar-refractivity contribution in [1.29, 1.82) is 0 Å². The molecule has 0 saturated carbocycles. The number of para-hydroxylation sites is 1. The lowest BCUT2D eigenvalue weighted by Crippen LogP contribution is -2.05. The SMILES string of the molecule is Cc1cccc(-c2ccccc2OCC(C)C)n1. The molecule has 0 spiro atoms. The van der Waals surface area contributed by atoms with E-state index in [0.717, 1.165) is 29.3 Å². The molecule has 0 aliphatic carbocycles. The van der Waals surface area contributed by atoms with E-state index in [4.69, 9.17) is 4.74 Å². The van der Waals surface area contributed by atoms with Crippen molar-refractivity contribution < 1.29 is 4.74 Å². The Morgan fingerprint density at radius 3 is 2.56 bits per heavy atom. The van der Waals surface area contributed by atoms with Crippen LogP contribution in [-0.4, -0.2) is 11.6 Å². The van der Waals surface area contributed by atoms with Crippen molar-refractivity contribution in [3.8, 4) is 17.0 Å². The zero-order valence-corrected chi connectivity index (χ0v) is 11.2. The maximum absolute atomic E-state index is 5.85. The van der Waals surface area contributed by atoms with Crippen molar-refractivity contribution in [3.63, 3.8) is 0 Å². The minimum atomic E-state index is 0.517. The summed E-state index contributed by atoms with van der Waals surface area (Å²) in [4.78, 5) is 4.55. The first-order chi connectivity index (χ1) is 8.66. The molecule has 1 aromatic carbocycles. The van der Waals surface area contributed by atoms with Gasteiger partial charge in [-0.25, -0.2) is 0 Å². The highest BCUT2D eigenvalue weighted by molar-refractivity contribution is 5.67. The number of hydrogen-bond acceptors (Lipinski definition) is 2. The summed E-state index contributed by atoms with van der Waals surface area (Å²) in [6, 6.07) is 14.1. The van der Waals surface area contributed by atoms with E-state index in [-0.39, 0.29) is 0 Å². The topological polar surface area (TPSA) is 22.1 Å². The first-order valence-corrected chi connectivity index (χ1v) is 6.32. The van der Waals surface area contributed by atoms with Crippen molar-refractivity contribution in [2.45, 2.75) is 20.8 Å². The van der Waals surface area contributed by atoms with Gasteiger partial charge in [-0.3, -0.25) is 4.98 Å². The second kappa shape index (κ2) is 5.67. The minimum absolute atomic E-state index is 0.517. The van der Waals surface area contributed by atoms with Crippen LogP contribution < -0.4 is 4.74 Å². The molecule has 0 N–H and O–H groups in total. The van der Waals surface area contributed by atoms with Crippen molar-refractivity contribution in [2.75, 3.05) is 6.61 Å². The molecule has 1 heterocycles. The first kappa shape index (κ1) is 12.6. The van der Waals surface area contributed by atoms with Gasteiger partial charge in [-0.15, -0.1) is 0 Å². The van der Waals surface area contributed by atoms with Gasteiger partial charge in [-0.05, 0) is 37.1 Å². The quantitative estimate of drug-likeness (QED) is 0.804. The number of rotatable bonds is 4. The summed E-state index contributed by atoms with van der Waals surface area (Å²) < 4.78 is 5.85. The molecular formula is C16H19NO. The molecule has 0 fully saturated rings. The summed E-state index contributed by atoms with van der Waals surface area (Å²) >= 11 is 0. The molecule has 0 bridgehead atoms. The van der Waals surface area contributed by atoms with E-state index in [1.807, 2.05) is 43.3 Å². The summed E-state index contributed by atoms with van der Waals surface area (Å²) in [5.74, 6) is 1.42. The molecule has 0 saturated heterocycles. The van der Waals surface area contributed by atoms with Gasteiger partial charge >= 0.3 is 0 Å². The highest BCUT2D eigenvalue weighted by atomic mass is 16.5. The predicted molar refractivity (Wildman–Crippen MR) is 74.7 cm³/mol. The van der Waals surface area contributed by atoms with Crippen molar-refractivity contribution in [1.82, 2.24) is 4.98 Å². The van der Waals surface area contributed by atoms with E-state index in [0.29, 0.717) is 5.92 Å². The second-order valence-corrected chi connectivity index (χ2v) is 4.87. The largest absolute Gasteiger partial charge is 0.493 e. The third-order valence-corrected chi connectivity index (χ3v) is 2.62. The lowest BCUT2D eigenvalue weighted by atomic mass is 10.1. The number of benzene rings is 1. The number of nitrogens with zero attached hydrogens (tertiary/aromatic N) is 1. The van der Waals surface area contributed by atoms with Crippen LogP contribution in [0, 0.1) is 12.8 Å². The van der Waals surface area contributed by atoms with E-state index in [2.05, 4.69) is 24.9 Å². The summed E-state index contributed by atoms with van der Waals surface area (Å²) in [6.07, 6.45) is 0. The Labute approximate surface area is 109 Å². The molecule has 0 atom stereocenters. The molecule has 0 unspecified atom stereocenters. The highest BCUT2D eigenvalue weighted by Gasteiger charge is 2.07. The monoisotopic (exact) mass is 241 g/mol. The average molecular weight is 241 g/mol. The van der Waals surface area contributed by atoms with Crippen LogP contribution in [-0.2, 0) is 0 Å². The predicted octanol–water partition coefficient (Wildman–Crippen LogP) is 4.09. The van der Waals surface area contributed by atoms with Crippen molar-refractivity contribution in [3.05, 3.63) is 48.2 Å². The molecule has 0 aliphatic rings. The van der Waals surface area contributed by atoms with Gasteiger partial charge in [0.05, 0.1) is 12.3 Å². The Kier molecular flexibility index (Phi) is 3.98. The summed E-state index contributed by atoms with van der Waals surface area (Å²) in [6.45, 7) is 7.02. The van der Waals surface area contributed by atoms with Gasteiger partial charge < -0.3 is 4.74 Å². The molecule has 1 aromatic heterocycles. The maximum Gasteiger partial charge on any atom is 0.128 e. The average Bonchev–Trinajstić information content (AvgIpc) is 2.36. The Hall–Kier alpha value is -1.83. The van der Waals surface area contributed by atoms with E-state index < -0.39 is 0 Å². The van der Waals surface area contributed by atoms with Crippen LogP contribution >= 0.6 is 0 Å². The summed E-state index contributed by atoms with van der Waals surface area (Å²) in [5, 5.41) is 0. The van der Waals surface area contributed by atoms with Gasteiger partial charge in [-0.2, -0.15) is 0 Å². The molecule has 18 heavy (non-hydrogen) atoms. The normalized spacial score (nSPS) is 10.7. The molecule has 0 radical (unpaired) electrons. The fraction of sp³-hybridized carbons (Fsp3) is 0.312. The third kappa shape index (κ3) is 3.10. The van der Waals surface area contributed by atoms with Gasteiger partial charge in [0.2, 0.25) is 0 Å². The number of hydrogen-bond donors (Lipinski definition) is 0. The van der Waals surface area contributed by atoms with Crippen LogP contribution in [0.1, 0.15) is 19.5 Å². The number of pyridine rings is 1. The van der Waals surface area contributed by atoms with E-state index in [1.54, 1.807) is 0 Å². The van der Waals surface area contributed by atoms with Gasteiger partial charge in [0, 0.05) is 11.3 Å². The maximum atomic E-state index is 5.85. The Morgan fingerprint density at radius 1 is 1.06 bits per heavy atom. The molecule has 0 aliphatic heterocycles. The second-order valence-electron chi connectivity index (χ2n) is 4.87. The van der Waals surface area contributed by atoms with E-state index in [9.17, 15) is 0 Å². The highest BCUT2D eigenvalue weighted by Crippen LogP contribution is 2.28. The molecule has 2 rings (SSSR count). The summed E-state index contributed by atoms with van der Waals surface area (Å²) in [7, 11) is 0. The van der Waals surface area contributed by atoms with Gasteiger partial charge in [0.25, 0.3) is 0 Å². The van der Waals surface area contributed by atoms with Gasteiger partial charge in [-0.1, -0.05) is 32.0 Å². The lowest BCUT2D eigenvalue weighted by Gasteiger charge is -2.12. The number of aryl methyl sites for hydroxylation is 1. The Balaban J connectivity index is 2.32. The molecule has 0 amide bonds. The zero-order chi connectivity index (χ0) is 13.0. The van der Waals surface area contributed by atoms with Crippen LogP contribution in [0.15, 0.2) is 42.5 Å². The number of ether oxygens (including phenoxy) is 1. The standard InChI is InChI=1S/C16H19NO/c1-12(2)11-18-16-10-5-4-8-14(16)15-9-6-7-13(3)17-15/h4-10,12H,11H2,1-3H3. The minimum Gasteiger partial charge on any atom is -0.493 e. The fourth-order valence-corrected chi connectivity index (χ4v) is 1.75. The van der Waals surface area contributed by atoms with E-state index in [1.165, 1.54) is 0 Å². The van der Waals surface area contributed by atoms with Crippen LogP contribution in [0.3, 0.4) is 0 Å². The van der Waals surface area contributed by atoms with Gasteiger partial charge in [0.1, 0.15) is 5.75 Å². The lowest BCUT2D eigenvalue weighted by molar-refractivity contribution is 0.272. The fourth-order valence-electron chi connectivity index (χ4n) is 1.75. The molecular weight excluding hydrogens is 222 g/mol. The van der Waals surface area contributed by atoms with E-state index >= 15 is 0 Å². The Bertz CT molecular complexity index is 520. The van der Waals surface area contributed by atoms with Crippen LogP contribution in [0.5, 0.6) is 5.75 Å². The molecule has 2 heteroatoms. The van der Waals surface area contributed by atoms with Crippen molar-refractivity contribution in [2.24, 2.45) is 5.92 Å². The summed E-state index contributed by atoms with van der Waals surface area (Å²) in [5.41, 5.74) is 3.04. The molecule has 2 nitrogen and oxygen atoms in total. The number of aromatic nitrogens is 1. The zero-order valence-electron chi connectivity index (χ0n) is 11.2. The van der Waals surface area contributed by atoms with Gasteiger partial charge in [0.15, 0.2) is 0 Å². The molecule has 94 valence electrons. The third-order valence-electron chi connectivity index (χ3n) is 2.62. The Morgan fingerprint density at radius 2 is 1.83 bits per heavy atom. The first-order valence-electron chi connectivity index (χ1n) is 6.32. The molecule has 2 aromatic rings.